The zero-order valence-corrected chi connectivity index (χ0v) is 11.6. The van der Waals surface area contributed by atoms with E-state index in [1.807, 2.05) is 11.8 Å². The second-order valence-electron chi connectivity index (χ2n) is 4.59. The quantitative estimate of drug-likeness (QED) is 0.662. The van der Waals surface area contributed by atoms with E-state index in [4.69, 9.17) is 0 Å². The maximum atomic E-state index is 11.0. The Morgan fingerprint density at radius 3 is 2.65 bits per heavy atom. The minimum absolute atomic E-state index is 0.250. The Labute approximate surface area is 120 Å². The lowest BCUT2D eigenvalue weighted by Gasteiger charge is -2.21. The fourth-order valence-electron chi connectivity index (χ4n) is 2.13. The molecular weight excluding hydrogens is 282 g/mol. The van der Waals surface area contributed by atoms with E-state index in [1.54, 1.807) is 0 Å². The molecule has 1 aliphatic rings. The molecule has 0 bridgehead atoms. The van der Waals surface area contributed by atoms with E-state index in [-0.39, 0.29) is 11.4 Å². The molecule has 2 rings (SSSR count). The van der Waals surface area contributed by atoms with E-state index in [0.29, 0.717) is 17.5 Å². The van der Waals surface area contributed by atoms with Crippen molar-refractivity contribution >= 4 is 28.8 Å². The largest absolute Gasteiger partial charge is 0.378 e. The summed E-state index contributed by atoms with van der Waals surface area (Å²) in [6.07, 6.45) is 3.50. The van der Waals surface area contributed by atoms with Crippen LogP contribution in [-0.2, 0) is 0 Å². The zero-order chi connectivity index (χ0) is 14.5. The molecular formula is C12H15N3O4S. The Balaban J connectivity index is 2.09. The minimum atomic E-state index is -0.631. The van der Waals surface area contributed by atoms with Crippen LogP contribution in [0.2, 0.25) is 0 Å². The molecule has 7 nitrogen and oxygen atoms in total. The van der Waals surface area contributed by atoms with Crippen molar-refractivity contribution in [3.05, 3.63) is 38.4 Å². The van der Waals surface area contributed by atoms with Gasteiger partial charge in [0.1, 0.15) is 5.69 Å². The zero-order valence-electron chi connectivity index (χ0n) is 10.8. The van der Waals surface area contributed by atoms with Crippen LogP contribution in [0.1, 0.15) is 19.3 Å². The van der Waals surface area contributed by atoms with Gasteiger partial charge in [-0.3, -0.25) is 20.2 Å². The summed E-state index contributed by atoms with van der Waals surface area (Å²) in [6, 6.07) is 3.68. The molecule has 1 N–H and O–H groups in total. The summed E-state index contributed by atoms with van der Waals surface area (Å²) in [6.45, 7) is 0.642. The summed E-state index contributed by atoms with van der Waals surface area (Å²) in [4.78, 5) is 20.4. The molecule has 0 radical (unpaired) electrons. The average molecular weight is 297 g/mol. The number of hydrogen-bond donors (Lipinski definition) is 1. The van der Waals surface area contributed by atoms with Gasteiger partial charge in [-0.2, -0.15) is 11.8 Å². The molecule has 108 valence electrons. The van der Waals surface area contributed by atoms with Crippen LogP contribution in [0, 0.1) is 20.2 Å². The van der Waals surface area contributed by atoms with Gasteiger partial charge in [0.15, 0.2) is 0 Å². The lowest BCUT2D eigenvalue weighted by atomic mass is 10.2. The lowest BCUT2D eigenvalue weighted by molar-refractivity contribution is -0.393. The molecule has 1 saturated heterocycles. The highest BCUT2D eigenvalue weighted by Gasteiger charge is 2.20. The van der Waals surface area contributed by atoms with Crippen LogP contribution in [0.5, 0.6) is 0 Å². The van der Waals surface area contributed by atoms with Crippen LogP contribution in [0.15, 0.2) is 18.2 Å². The van der Waals surface area contributed by atoms with Crippen molar-refractivity contribution in [3.8, 4) is 0 Å². The molecule has 1 heterocycles. The fourth-order valence-corrected chi connectivity index (χ4v) is 3.36. The first-order valence-electron chi connectivity index (χ1n) is 6.36. The van der Waals surface area contributed by atoms with E-state index >= 15 is 0 Å². The first-order chi connectivity index (χ1) is 9.58. The Hall–Kier alpha value is -1.83. The molecule has 20 heavy (non-hydrogen) atoms. The summed E-state index contributed by atoms with van der Waals surface area (Å²) in [5.74, 6) is 1.12. The van der Waals surface area contributed by atoms with Gasteiger partial charge in [0, 0.05) is 17.9 Å². The van der Waals surface area contributed by atoms with Crippen LogP contribution in [-0.4, -0.2) is 27.4 Å². The standard InChI is InChI=1S/C12H15N3O4S/c16-14(17)9-4-5-11(12(7-9)15(18)19)13-8-10-3-1-2-6-20-10/h4-5,7,10,13H,1-3,6,8H2. The summed E-state index contributed by atoms with van der Waals surface area (Å²) >= 11 is 1.86. The number of anilines is 1. The van der Waals surface area contributed by atoms with Crippen molar-refractivity contribution in [1.29, 1.82) is 0 Å². The second kappa shape index (κ2) is 6.56. The molecule has 0 aromatic heterocycles. The van der Waals surface area contributed by atoms with E-state index < -0.39 is 9.85 Å². The molecule has 0 amide bonds. The van der Waals surface area contributed by atoms with Gasteiger partial charge in [-0.15, -0.1) is 0 Å². The molecule has 1 fully saturated rings. The highest BCUT2D eigenvalue weighted by molar-refractivity contribution is 7.99. The summed E-state index contributed by atoms with van der Waals surface area (Å²) in [7, 11) is 0. The number of rotatable bonds is 5. The third-order valence-electron chi connectivity index (χ3n) is 3.18. The number of nitro groups is 2. The SMILES string of the molecule is O=[N+]([O-])c1ccc(NCC2CCCCS2)c([N+](=O)[O-])c1. The molecule has 0 spiro atoms. The first kappa shape index (κ1) is 14.6. The summed E-state index contributed by atoms with van der Waals surface area (Å²) in [5, 5.41) is 25.1. The maximum absolute atomic E-state index is 11.0. The second-order valence-corrected chi connectivity index (χ2v) is 5.99. The number of thioether (sulfide) groups is 1. The van der Waals surface area contributed by atoms with Crippen molar-refractivity contribution in [3.63, 3.8) is 0 Å². The van der Waals surface area contributed by atoms with Crippen LogP contribution in [0.25, 0.3) is 0 Å². The van der Waals surface area contributed by atoms with Gasteiger partial charge in [-0.05, 0) is 24.7 Å². The van der Waals surface area contributed by atoms with Crippen molar-refractivity contribution in [2.45, 2.75) is 24.5 Å². The molecule has 1 unspecified atom stereocenters. The van der Waals surface area contributed by atoms with Crippen LogP contribution in [0.3, 0.4) is 0 Å². The highest BCUT2D eigenvalue weighted by atomic mass is 32.2. The average Bonchev–Trinajstić information content (AvgIpc) is 2.45. The number of non-ortho nitro benzene ring substituents is 1. The molecule has 1 atom stereocenters. The molecule has 0 saturated carbocycles. The van der Waals surface area contributed by atoms with Crippen molar-refractivity contribution < 1.29 is 9.85 Å². The first-order valence-corrected chi connectivity index (χ1v) is 7.41. The Morgan fingerprint density at radius 2 is 2.05 bits per heavy atom. The van der Waals surface area contributed by atoms with Crippen LogP contribution < -0.4 is 5.32 Å². The van der Waals surface area contributed by atoms with Gasteiger partial charge in [0.25, 0.3) is 11.4 Å². The highest BCUT2D eigenvalue weighted by Crippen LogP contribution is 2.30. The van der Waals surface area contributed by atoms with E-state index in [0.717, 1.165) is 18.2 Å². The van der Waals surface area contributed by atoms with Gasteiger partial charge in [-0.1, -0.05) is 6.42 Å². The van der Waals surface area contributed by atoms with Gasteiger partial charge < -0.3 is 5.32 Å². The molecule has 1 aromatic carbocycles. The van der Waals surface area contributed by atoms with Crippen LogP contribution in [0.4, 0.5) is 17.1 Å². The van der Waals surface area contributed by atoms with Crippen molar-refractivity contribution in [2.75, 3.05) is 17.6 Å². The lowest BCUT2D eigenvalue weighted by Crippen LogP contribution is -2.20. The number of hydrogen-bond acceptors (Lipinski definition) is 6. The van der Waals surface area contributed by atoms with Gasteiger partial charge in [0.2, 0.25) is 0 Å². The normalized spacial score (nSPS) is 18.5. The molecule has 8 heteroatoms. The molecule has 1 aliphatic heterocycles. The summed E-state index contributed by atoms with van der Waals surface area (Å²) < 4.78 is 0. The Bertz CT molecular complexity index is 517. The summed E-state index contributed by atoms with van der Waals surface area (Å²) in [5.41, 5.74) is -0.180. The third kappa shape index (κ3) is 3.60. The van der Waals surface area contributed by atoms with Crippen LogP contribution >= 0.6 is 11.8 Å². The maximum Gasteiger partial charge on any atom is 0.299 e. The predicted octanol–water partition coefficient (Wildman–Crippen LogP) is 3.20. The van der Waals surface area contributed by atoms with E-state index in [9.17, 15) is 20.2 Å². The number of nitrogens with one attached hydrogen (secondary N) is 1. The predicted molar refractivity (Wildman–Crippen MR) is 78.3 cm³/mol. The van der Waals surface area contributed by atoms with Gasteiger partial charge in [-0.25, -0.2) is 0 Å². The van der Waals surface area contributed by atoms with Crippen molar-refractivity contribution in [2.24, 2.45) is 0 Å². The Kier molecular flexibility index (Phi) is 4.78. The van der Waals surface area contributed by atoms with Gasteiger partial charge in [0.05, 0.1) is 15.9 Å². The third-order valence-corrected chi connectivity index (χ3v) is 4.58. The molecule has 0 aliphatic carbocycles. The number of benzene rings is 1. The van der Waals surface area contributed by atoms with E-state index in [2.05, 4.69) is 5.32 Å². The topological polar surface area (TPSA) is 98.3 Å². The monoisotopic (exact) mass is 297 g/mol. The minimum Gasteiger partial charge on any atom is -0.378 e. The van der Waals surface area contributed by atoms with Crippen molar-refractivity contribution in [1.82, 2.24) is 0 Å². The van der Waals surface area contributed by atoms with Gasteiger partial charge >= 0.3 is 0 Å². The number of nitro benzene ring substituents is 2. The number of nitrogens with zero attached hydrogens (tertiary/aromatic N) is 2. The van der Waals surface area contributed by atoms with E-state index in [1.165, 1.54) is 25.0 Å². The fraction of sp³-hybridized carbons (Fsp3) is 0.500. The Morgan fingerprint density at radius 1 is 1.25 bits per heavy atom. The smallest absolute Gasteiger partial charge is 0.299 e. The molecule has 1 aromatic rings.